The van der Waals surface area contributed by atoms with Crippen molar-refractivity contribution < 1.29 is 18.3 Å². The first-order valence-electron chi connectivity index (χ1n) is 3.61. The molecule has 70 valence electrons. The first-order valence-corrected chi connectivity index (χ1v) is 3.61. The third kappa shape index (κ3) is 1.27. The minimum absolute atomic E-state index is 0.0694. The molecule has 0 amide bonds. The van der Waals surface area contributed by atoms with Crippen molar-refractivity contribution in [1.82, 2.24) is 0 Å². The van der Waals surface area contributed by atoms with Crippen LogP contribution in [0.2, 0.25) is 0 Å². The molecule has 0 radical (unpaired) electrons. The average molecular weight is 190 g/mol. The lowest BCUT2D eigenvalue weighted by Gasteiger charge is -2.04. The van der Waals surface area contributed by atoms with E-state index in [1.807, 2.05) is 0 Å². The number of rotatable bonds is 0. The molecule has 0 bridgehead atoms. The number of hydrogen-bond acceptors (Lipinski definition) is 3. The van der Waals surface area contributed by atoms with Gasteiger partial charge in [-0.15, -0.1) is 5.10 Å². The summed E-state index contributed by atoms with van der Waals surface area (Å²) >= 11 is 0. The molecule has 6 heteroatoms. The number of nitrogens with zero attached hydrogens (tertiary/aromatic N) is 2. The fraction of sp³-hybridized carbons (Fsp3) is 0.429. The normalized spacial score (nSPS) is 26.8. The van der Waals surface area contributed by atoms with Gasteiger partial charge in [-0.25, -0.2) is 0 Å². The average Bonchev–Trinajstić information content (AvgIpc) is 2.41. The highest BCUT2D eigenvalue weighted by molar-refractivity contribution is 6.29. The van der Waals surface area contributed by atoms with Crippen molar-refractivity contribution >= 4 is 11.4 Å². The highest BCUT2D eigenvalue weighted by atomic mass is 19.4. The van der Waals surface area contributed by atoms with E-state index in [1.54, 1.807) is 0 Å². The molecule has 2 rings (SSSR count). The van der Waals surface area contributed by atoms with Gasteiger partial charge < -0.3 is 5.11 Å². The number of allylic oxidation sites excluding steroid dienone is 1. The Morgan fingerprint density at radius 1 is 1.38 bits per heavy atom. The van der Waals surface area contributed by atoms with Gasteiger partial charge in [-0.1, -0.05) is 0 Å². The molecule has 3 nitrogen and oxygen atoms in total. The second kappa shape index (κ2) is 2.41. The number of alkyl halides is 3. The predicted octanol–water partition coefficient (Wildman–Crippen LogP) is 1.05. The predicted molar refractivity (Wildman–Crippen MR) is 39.6 cm³/mol. The van der Waals surface area contributed by atoms with Crippen LogP contribution in [0.4, 0.5) is 13.2 Å². The quantitative estimate of drug-likeness (QED) is 0.609. The van der Waals surface area contributed by atoms with Gasteiger partial charge in [-0.2, -0.15) is 18.3 Å². The Morgan fingerprint density at radius 2 is 2.08 bits per heavy atom. The second-order valence-corrected chi connectivity index (χ2v) is 2.84. The topological polar surface area (TPSA) is 45.0 Å². The number of aliphatic hydroxyl groups excluding tert-OH is 1. The van der Waals surface area contributed by atoms with Crippen LogP contribution in [0.25, 0.3) is 0 Å². The fourth-order valence-electron chi connectivity index (χ4n) is 1.34. The molecule has 0 saturated carbocycles. The molecule has 0 saturated heterocycles. The van der Waals surface area contributed by atoms with Gasteiger partial charge in [-0.3, -0.25) is 0 Å². The van der Waals surface area contributed by atoms with E-state index < -0.39 is 18.0 Å². The summed E-state index contributed by atoms with van der Waals surface area (Å²) in [5.41, 5.74) is -0.848. The minimum atomic E-state index is -4.48. The highest BCUT2D eigenvalue weighted by Gasteiger charge is 2.44. The SMILES string of the molecule is OC1C=C2C(=NN=C2C(F)(F)F)C1. The lowest BCUT2D eigenvalue weighted by atomic mass is 10.1. The third-order valence-electron chi connectivity index (χ3n) is 1.87. The molecule has 0 aromatic rings. The van der Waals surface area contributed by atoms with E-state index in [0.29, 0.717) is 0 Å². The van der Waals surface area contributed by atoms with Crippen molar-refractivity contribution in [3.8, 4) is 0 Å². The summed E-state index contributed by atoms with van der Waals surface area (Å²) in [6, 6.07) is 0. The summed E-state index contributed by atoms with van der Waals surface area (Å²) in [6.07, 6.45) is -4.08. The van der Waals surface area contributed by atoms with E-state index in [1.165, 1.54) is 0 Å². The van der Waals surface area contributed by atoms with Gasteiger partial charge in [0.25, 0.3) is 0 Å². The molecular formula is C7H5F3N2O. The monoisotopic (exact) mass is 190 g/mol. The molecule has 1 heterocycles. The zero-order valence-electron chi connectivity index (χ0n) is 6.34. The van der Waals surface area contributed by atoms with E-state index in [2.05, 4.69) is 10.2 Å². The van der Waals surface area contributed by atoms with Gasteiger partial charge in [0.1, 0.15) is 0 Å². The fourth-order valence-corrected chi connectivity index (χ4v) is 1.34. The van der Waals surface area contributed by atoms with Gasteiger partial charge in [0.2, 0.25) is 0 Å². The lowest BCUT2D eigenvalue weighted by molar-refractivity contribution is -0.0579. The molecule has 13 heavy (non-hydrogen) atoms. The van der Waals surface area contributed by atoms with Crippen molar-refractivity contribution in [1.29, 1.82) is 0 Å². The first-order chi connectivity index (χ1) is 5.98. The number of halogens is 3. The molecule has 0 aromatic carbocycles. The van der Waals surface area contributed by atoms with Crippen molar-refractivity contribution in [2.24, 2.45) is 10.2 Å². The van der Waals surface area contributed by atoms with Crippen LogP contribution in [0.5, 0.6) is 0 Å². The Hall–Kier alpha value is -1.17. The minimum Gasteiger partial charge on any atom is -0.389 e. The molecule has 0 spiro atoms. The molecule has 0 aromatic heterocycles. The van der Waals surface area contributed by atoms with Crippen LogP contribution in [-0.2, 0) is 0 Å². The molecular weight excluding hydrogens is 185 g/mol. The molecule has 1 aliphatic carbocycles. The Kier molecular flexibility index (Phi) is 1.56. The van der Waals surface area contributed by atoms with Crippen molar-refractivity contribution in [2.45, 2.75) is 18.7 Å². The summed E-state index contributed by atoms with van der Waals surface area (Å²) in [6.45, 7) is 0. The standard InChI is InChI=1S/C7H5F3N2O/c8-7(9,10)6-4-1-3(13)2-5(4)11-12-6/h1,3,13H,2H2. The van der Waals surface area contributed by atoms with Gasteiger partial charge in [-0.05, 0) is 6.08 Å². The molecule has 2 aliphatic rings. The van der Waals surface area contributed by atoms with E-state index in [0.717, 1.165) is 6.08 Å². The summed E-state index contributed by atoms with van der Waals surface area (Å²) in [7, 11) is 0. The molecule has 1 aliphatic heterocycles. The summed E-state index contributed by atoms with van der Waals surface area (Å²) < 4.78 is 36.6. The summed E-state index contributed by atoms with van der Waals surface area (Å²) in [5, 5.41) is 15.4. The van der Waals surface area contributed by atoms with Crippen LogP contribution < -0.4 is 0 Å². The first kappa shape index (κ1) is 8.43. The molecule has 1 N–H and O–H groups in total. The molecule has 1 atom stereocenters. The van der Waals surface area contributed by atoms with E-state index >= 15 is 0 Å². The van der Waals surface area contributed by atoms with Crippen molar-refractivity contribution in [3.05, 3.63) is 11.6 Å². The number of fused-ring (bicyclic) bond motifs is 1. The number of hydrogen-bond donors (Lipinski definition) is 1. The largest absolute Gasteiger partial charge is 0.435 e. The maximum absolute atomic E-state index is 12.2. The smallest absolute Gasteiger partial charge is 0.389 e. The third-order valence-corrected chi connectivity index (χ3v) is 1.87. The Morgan fingerprint density at radius 3 is 2.69 bits per heavy atom. The maximum atomic E-state index is 12.2. The molecule has 0 fully saturated rings. The van der Waals surface area contributed by atoms with Gasteiger partial charge in [0.15, 0.2) is 5.71 Å². The summed E-state index contributed by atoms with van der Waals surface area (Å²) in [5.74, 6) is 0. The molecule has 1 unspecified atom stereocenters. The summed E-state index contributed by atoms with van der Waals surface area (Å²) in [4.78, 5) is 0. The van der Waals surface area contributed by atoms with Crippen molar-refractivity contribution in [3.63, 3.8) is 0 Å². The van der Waals surface area contributed by atoms with Crippen LogP contribution in [0.3, 0.4) is 0 Å². The number of aliphatic hydroxyl groups is 1. The second-order valence-electron chi connectivity index (χ2n) is 2.84. The van der Waals surface area contributed by atoms with Gasteiger partial charge in [0, 0.05) is 12.0 Å². The Balaban J connectivity index is 2.34. The van der Waals surface area contributed by atoms with Gasteiger partial charge in [0.05, 0.1) is 11.8 Å². The van der Waals surface area contributed by atoms with Crippen LogP contribution in [0.1, 0.15) is 6.42 Å². The lowest BCUT2D eigenvalue weighted by Crippen LogP contribution is -2.24. The Bertz CT molecular complexity index is 340. The maximum Gasteiger partial charge on any atom is 0.435 e. The highest BCUT2D eigenvalue weighted by Crippen LogP contribution is 2.31. The van der Waals surface area contributed by atoms with E-state index in [4.69, 9.17) is 5.11 Å². The Labute approximate surface area is 71.3 Å². The van der Waals surface area contributed by atoms with E-state index in [-0.39, 0.29) is 17.7 Å². The zero-order valence-corrected chi connectivity index (χ0v) is 6.34. The van der Waals surface area contributed by atoms with Crippen molar-refractivity contribution in [2.75, 3.05) is 0 Å². The van der Waals surface area contributed by atoms with Crippen LogP contribution in [0, 0.1) is 0 Å². The van der Waals surface area contributed by atoms with Crippen LogP contribution in [-0.4, -0.2) is 28.8 Å². The van der Waals surface area contributed by atoms with Gasteiger partial charge >= 0.3 is 6.18 Å². The van der Waals surface area contributed by atoms with Crippen LogP contribution in [0.15, 0.2) is 21.9 Å². The zero-order chi connectivity index (χ0) is 9.64. The van der Waals surface area contributed by atoms with Crippen LogP contribution >= 0.6 is 0 Å². The van der Waals surface area contributed by atoms with E-state index in [9.17, 15) is 13.2 Å².